The number of hydrogen-bond donors (Lipinski definition) is 1. The molecule has 1 atom stereocenters. The molecule has 1 aromatic carbocycles. The fourth-order valence-electron chi connectivity index (χ4n) is 1.39. The second-order valence-electron chi connectivity index (χ2n) is 3.67. The summed E-state index contributed by atoms with van der Waals surface area (Å²) in [5, 5.41) is 3.72. The standard InChI is InChI=1S/C12H16ClNO3/c1-8(6-12(15)17-3)14-11-7-9(16-2)4-5-10(11)13/h4-5,7-8,14H,6H2,1-3H3. The Labute approximate surface area is 106 Å². The van der Waals surface area contributed by atoms with Crippen LogP contribution in [0.15, 0.2) is 18.2 Å². The predicted molar refractivity (Wildman–Crippen MR) is 67.7 cm³/mol. The first kappa shape index (κ1) is 13.6. The zero-order chi connectivity index (χ0) is 12.8. The van der Waals surface area contributed by atoms with Gasteiger partial charge in [-0.3, -0.25) is 4.79 Å². The number of ether oxygens (including phenoxy) is 2. The summed E-state index contributed by atoms with van der Waals surface area (Å²) in [5.74, 6) is 0.450. The normalized spacial score (nSPS) is 11.8. The highest BCUT2D eigenvalue weighted by atomic mass is 35.5. The van der Waals surface area contributed by atoms with Gasteiger partial charge in [0.15, 0.2) is 0 Å². The molecule has 1 unspecified atom stereocenters. The molecule has 0 heterocycles. The van der Waals surface area contributed by atoms with E-state index >= 15 is 0 Å². The predicted octanol–water partition coefficient (Wildman–Crippen LogP) is 2.71. The van der Waals surface area contributed by atoms with Crippen molar-refractivity contribution in [3.8, 4) is 5.75 Å². The van der Waals surface area contributed by atoms with E-state index in [9.17, 15) is 4.79 Å². The Balaban J connectivity index is 2.70. The quantitative estimate of drug-likeness (QED) is 0.824. The van der Waals surface area contributed by atoms with Gasteiger partial charge in [0.05, 0.1) is 31.4 Å². The van der Waals surface area contributed by atoms with Crippen LogP contribution in [0.25, 0.3) is 0 Å². The van der Waals surface area contributed by atoms with Crippen molar-refractivity contribution in [1.29, 1.82) is 0 Å². The highest BCUT2D eigenvalue weighted by Gasteiger charge is 2.11. The molecule has 17 heavy (non-hydrogen) atoms. The van der Waals surface area contributed by atoms with E-state index in [1.807, 2.05) is 6.92 Å². The molecule has 94 valence electrons. The van der Waals surface area contributed by atoms with Gasteiger partial charge in [0.25, 0.3) is 0 Å². The van der Waals surface area contributed by atoms with E-state index in [-0.39, 0.29) is 18.4 Å². The van der Waals surface area contributed by atoms with Crippen molar-refractivity contribution in [1.82, 2.24) is 0 Å². The average molecular weight is 258 g/mol. The number of methoxy groups -OCH3 is 2. The molecule has 1 aromatic rings. The maximum absolute atomic E-state index is 11.1. The van der Waals surface area contributed by atoms with Crippen LogP contribution in [-0.2, 0) is 9.53 Å². The molecule has 5 heteroatoms. The lowest BCUT2D eigenvalue weighted by Crippen LogP contribution is -2.20. The summed E-state index contributed by atoms with van der Waals surface area (Å²) < 4.78 is 9.70. The van der Waals surface area contributed by atoms with E-state index in [4.69, 9.17) is 16.3 Å². The Morgan fingerprint density at radius 2 is 2.18 bits per heavy atom. The Morgan fingerprint density at radius 3 is 2.76 bits per heavy atom. The van der Waals surface area contributed by atoms with E-state index in [0.29, 0.717) is 10.8 Å². The van der Waals surface area contributed by atoms with Crippen LogP contribution in [0.3, 0.4) is 0 Å². The van der Waals surface area contributed by atoms with Gasteiger partial charge in [-0.15, -0.1) is 0 Å². The second-order valence-corrected chi connectivity index (χ2v) is 4.08. The summed E-state index contributed by atoms with van der Waals surface area (Å²) in [5.41, 5.74) is 0.738. The highest BCUT2D eigenvalue weighted by Crippen LogP contribution is 2.27. The minimum absolute atomic E-state index is 0.0629. The lowest BCUT2D eigenvalue weighted by Gasteiger charge is -2.15. The number of benzene rings is 1. The Hall–Kier alpha value is -1.42. The molecular weight excluding hydrogens is 242 g/mol. The summed E-state index contributed by atoms with van der Waals surface area (Å²) in [4.78, 5) is 11.1. The van der Waals surface area contributed by atoms with Gasteiger partial charge < -0.3 is 14.8 Å². The highest BCUT2D eigenvalue weighted by molar-refractivity contribution is 6.33. The molecule has 1 N–H and O–H groups in total. The molecule has 0 saturated carbocycles. The number of nitrogens with one attached hydrogen (secondary N) is 1. The van der Waals surface area contributed by atoms with Gasteiger partial charge in [-0.2, -0.15) is 0 Å². The fraction of sp³-hybridized carbons (Fsp3) is 0.417. The van der Waals surface area contributed by atoms with Crippen molar-refractivity contribution >= 4 is 23.3 Å². The Bertz CT molecular complexity index is 395. The molecule has 4 nitrogen and oxygen atoms in total. The SMILES string of the molecule is COC(=O)CC(C)Nc1cc(OC)ccc1Cl. The first-order valence-electron chi connectivity index (χ1n) is 5.23. The minimum Gasteiger partial charge on any atom is -0.497 e. The van der Waals surface area contributed by atoms with Crippen molar-refractivity contribution in [3.63, 3.8) is 0 Å². The molecule has 1 rings (SSSR count). The lowest BCUT2D eigenvalue weighted by atomic mass is 10.2. The first-order chi connectivity index (χ1) is 8.06. The molecule has 0 aliphatic carbocycles. The maximum Gasteiger partial charge on any atom is 0.307 e. The number of esters is 1. The summed E-state index contributed by atoms with van der Waals surface area (Å²) in [7, 11) is 2.96. The van der Waals surface area contributed by atoms with Crippen LogP contribution in [0.1, 0.15) is 13.3 Å². The van der Waals surface area contributed by atoms with Gasteiger partial charge in [0, 0.05) is 12.1 Å². The zero-order valence-electron chi connectivity index (χ0n) is 10.1. The van der Waals surface area contributed by atoms with Crippen LogP contribution in [0.2, 0.25) is 5.02 Å². The van der Waals surface area contributed by atoms with E-state index < -0.39 is 0 Å². The number of rotatable bonds is 5. The largest absolute Gasteiger partial charge is 0.497 e. The van der Waals surface area contributed by atoms with Crippen LogP contribution in [0, 0.1) is 0 Å². The van der Waals surface area contributed by atoms with Crippen molar-refractivity contribution in [2.45, 2.75) is 19.4 Å². The zero-order valence-corrected chi connectivity index (χ0v) is 10.9. The molecule has 0 fully saturated rings. The van der Waals surface area contributed by atoms with Gasteiger partial charge in [-0.1, -0.05) is 11.6 Å². The smallest absolute Gasteiger partial charge is 0.307 e. The summed E-state index contributed by atoms with van der Waals surface area (Å²) >= 11 is 6.03. The van der Waals surface area contributed by atoms with Crippen LogP contribution in [0.4, 0.5) is 5.69 Å². The van der Waals surface area contributed by atoms with Crippen LogP contribution < -0.4 is 10.1 Å². The van der Waals surface area contributed by atoms with Gasteiger partial charge >= 0.3 is 5.97 Å². The topological polar surface area (TPSA) is 47.6 Å². The molecule has 0 bridgehead atoms. The molecule has 0 aliphatic heterocycles. The molecule has 0 amide bonds. The van der Waals surface area contributed by atoms with E-state index in [2.05, 4.69) is 10.1 Å². The van der Waals surface area contributed by atoms with Crippen molar-refractivity contribution in [3.05, 3.63) is 23.2 Å². The molecule has 0 saturated heterocycles. The Morgan fingerprint density at radius 1 is 1.47 bits per heavy atom. The minimum atomic E-state index is -0.260. The summed E-state index contributed by atoms with van der Waals surface area (Å²) in [6, 6.07) is 5.24. The third kappa shape index (κ3) is 4.15. The monoisotopic (exact) mass is 257 g/mol. The first-order valence-corrected chi connectivity index (χ1v) is 5.61. The van der Waals surface area contributed by atoms with Gasteiger partial charge in [0.1, 0.15) is 5.75 Å². The van der Waals surface area contributed by atoms with E-state index in [1.165, 1.54) is 7.11 Å². The lowest BCUT2D eigenvalue weighted by molar-refractivity contribution is -0.140. The van der Waals surface area contributed by atoms with E-state index in [0.717, 1.165) is 5.69 Å². The number of carbonyl (C=O) groups excluding carboxylic acids is 1. The average Bonchev–Trinajstić information content (AvgIpc) is 2.31. The molecule has 0 radical (unpaired) electrons. The number of carbonyl (C=O) groups is 1. The van der Waals surface area contributed by atoms with Crippen molar-refractivity contribution < 1.29 is 14.3 Å². The van der Waals surface area contributed by atoms with Gasteiger partial charge in [0.2, 0.25) is 0 Å². The van der Waals surface area contributed by atoms with Crippen molar-refractivity contribution in [2.24, 2.45) is 0 Å². The third-order valence-electron chi connectivity index (χ3n) is 2.28. The Kier molecular flexibility index (Phi) is 5.10. The van der Waals surface area contributed by atoms with Crippen molar-refractivity contribution in [2.75, 3.05) is 19.5 Å². The van der Waals surface area contributed by atoms with Crippen LogP contribution in [0.5, 0.6) is 5.75 Å². The summed E-state index contributed by atoms with van der Waals surface area (Å²) in [6.07, 6.45) is 0.282. The second kappa shape index (κ2) is 6.35. The van der Waals surface area contributed by atoms with E-state index in [1.54, 1.807) is 25.3 Å². The summed E-state index contributed by atoms with van der Waals surface area (Å²) in [6.45, 7) is 1.88. The molecule has 0 aromatic heterocycles. The number of halogens is 1. The van der Waals surface area contributed by atoms with Gasteiger partial charge in [-0.05, 0) is 19.1 Å². The molecular formula is C12H16ClNO3. The fourth-order valence-corrected chi connectivity index (χ4v) is 1.56. The molecule has 0 spiro atoms. The third-order valence-corrected chi connectivity index (χ3v) is 2.61. The number of hydrogen-bond acceptors (Lipinski definition) is 4. The van der Waals surface area contributed by atoms with Gasteiger partial charge in [-0.25, -0.2) is 0 Å². The maximum atomic E-state index is 11.1. The van der Waals surface area contributed by atoms with Crippen LogP contribution >= 0.6 is 11.6 Å². The number of anilines is 1. The van der Waals surface area contributed by atoms with Crippen LogP contribution in [-0.4, -0.2) is 26.2 Å². The molecule has 0 aliphatic rings.